The van der Waals surface area contributed by atoms with E-state index in [0.717, 1.165) is 5.56 Å². The quantitative estimate of drug-likeness (QED) is 0.907. The molecule has 0 spiro atoms. The van der Waals surface area contributed by atoms with E-state index in [1.807, 2.05) is 36.1 Å². The average molecular weight is 307 g/mol. The van der Waals surface area contributed by atoms with Crippen LogP contribution in [-0.2, 0) is 9.59 Å². The number of carbonyl (C=O) groups excluding carboxylic acids is 2. The summed E-state index contributed by atoms with van der Waals surface area (Å²) in [6, 6.07) is 7.94. The molecule has 1 heterocycles. The predicted molar refractivity (Wildman–Crippen MR) is 84.0 cm³/mol. The Kier molecular flexibility index (Phi) is 5.42. The highest BCUT2D eigenvalue weighted by molar-refractivity contribution is 8.14. The molecule has 21 heavy (non-hydrogen) atoms. The number of benzene rings is 1. The summed E-state index contributed by atoms with van der Waals surface area (Å²) in [4.78, 5) is 25.3. The molecule has 4 nitrogen and oxygen atoms in total. The summed E-state index contributed by atoms with van der Waals surface area (Å²) in [6.07, 6.45) is 0.921. The van der Waals surface area contributed by atoms with Gasteiger partial charge >= 0.3 is 0 Å². The minimum atomic E-state index is -0.111. The number of carbonyl (C=O) groups is 2. The SMILES string of the molecule is CC(=O)SC1CC(=O)N(C(CCO)c2ccc(C)cc2)C1. The first-order chi connectivity index (χ1) is 10.0. The molecule has 1 amide bonds. The molecule has 0 aliphatic carbocycles. The van der Waals surface area contributed by atoms with Gasteiger partial charge in [-0.05, 0) is 18.9 Å². The number of likely N-dealkylation sites (tertiary alicyclic amines) is 1. The van der Waals surface area contributed by atoms with Crippen LogP contribution in [0.5, 0.6) is 0 Å². The monoisotopic (exact) mass is 307 g/mol. The maximum absolute atomic E-state index is 12.2. The van der Waals surface area contributed by atoms with Crippen molar-refractivity contribution in [2.45, 2.75) is 38.0 Å². The van der Waals surface area contributed by atoms with Crippen LogP contribution in [0.3, 0.4) is 0 Å². The van der Waals surface area contributed by atoms with Crippen LogP contribution < -0.4 is 0 Å². The predicted octanol–water partition coefficient (Wildman–Crippen LogP) is 2.30. The Balaban J connectivity index is 2.16. The van der Waals surface area contributed by atoms with E-state index in [9.17, 15) is 14.7 Å². The van der Waals surface area contributed by atoms with Crippen LogP contribution in [-0.4, -0.2) is 39.4 Å². The number of aliphatic hydroxyl groups is 1. The van der Waals surface area contributed by atoms with Gasteiger partial charge in [-0.3, -0.25) is 9.59 Å². The van der Waals surface area contributed by atoms with Crippen molar-refractivity contribution in [2.24, 2.45) is 0 Å². The smallest absolute Gasteiger partial charge is 0.224 e. The van der Waals surface area contributed by atoms with Crippen molar-refractivity contribution in [3.8, 4) is 0 Å². The van der Waals surface area contributed by atoms with Crippen LogP contribution in [0.2, 0.25) is 0 Å². The Hall–Kier alpha value is -1.33. The Morgan fingerprint density at radius 2 is 2.10 bits per heavy atom. The standard InChI is InChI=1S/C16H21NO3S/c1-11-3-5-13(6-4-11)15(7-8-18)17-10-14(9-16(17)20)21-12(2)19/h3-6,14-15,18H,7-10H2,1-2H3. The number of hydrogen-bond donors (Lipinski definition) is 1. The van der Waals surface area contributed by atoms with E-state index in [4.69, 9.17) is 0 Å². The van der Waals surface area contributed by atoms with E-state index >= 15 is 0 Å². The van der Waals surface area contributed by atoms with Gasteiger partial charge in [-0.1, -0.05) is 41.6 Å². The van der Waals surface area contributed by atoms with Gasteiger partial charge in [0.1, 0.15) is 0 Å². The molecule has 0 saturated carbocycles. The molecular formula is C16H21NO3S. The minimum Gasteiger partial charge on any atom is -0.396 e. The van der Waals surface area contributed by atoms with Gasteiger partial charge in [0.15, 0.2) is 5.12 Å². The Labute approximate surface area is 129 Å². The third-order valence-electron chi connectivity index (χ3n) is 3.70. The van der Waals surface area contributed by atoms with Gasteiger partial charge in [0.2, 0.25) is 5.91 Å². The number of hydrogen-bond acceptors (Lipinski definition) is 4. The fourth-order valence-corrected chi connectivity index (χ4v) is 3.66. The first-order valence-corrected chi connectivity index (χ1v) is 8.03. The summed E-state index contributed by atoms with van der Waals surface area (Å²) in [5.41, 5.74) is 2.20. The second kappa shape index (κ2) is 7.09. The summed E-state index contributed by atoms with van der Waals surface area (Å²) in [6.45, 7) is 4.16. The Bertz CT molecular complexity index is 515. The zero-order valence-electron chi connectivity index (χ0n) is 12.4. The van der Waals surface area contributed by atoms with E-state index in [0.29, 0.717) is 19.4 Å². The molecule has 2 unspecified atom stereocenters. The van der Waals surface area contributed by atoms with Gasteiger partial charge in [-0.2, -0.15) is 0 Å². The molecule has 1 aliphatic rings. The summed E-state index contributed by atoms with van der Waals surface area (Å²) < 4.78 is 0. The molecule has 5 heteroatoms. The fraction of sp³-hybridized carbons (Fsp3) is 0.500. The molecule has 0 bridgehead atoms. The number of rotatable bonds is 5. The number of amides is 1. The highest BCUT2D eigenvalue weighted by atomic mass is 32.2. The van der Waals surface area contributed by atoms with Crippen LogP contribution in [0.1, 0.15) is 36.9 Å². The second-order valence-electron chi connectivity index (χ2n) is 5.42. The molecular weight excluding hydrogens is 286 g/mol. The lowest BCUT2D eigenvalue weighted by atomic mass is 10.0. The highest BCUT2D eigenvalue weighted by Crippen LogP contribution is 2.33. The Morgan fingerprint density at radius 1 is 1.43 bits per heavy atom. The Morgan fingerprint density at radius 3 is 2.67 bits per heavy atom. The number of thioether (sulfide) groups is 1. The van der Waals surface area contributed by atoms with Crippen molar-refractivity contribution in [1.29, 1.82) is 0 Å². The van der Waals surface area contributed by atoms with Crippen LogP contribution in [0.15, 0.2) is 24.3 Å². The second-order valence-corrected chi connectivity index (χ2v) is 6.90. The molecule has 1 saturated heterocycles. The van der Waals surface area contributed by atoms with Crippen molar-refractivity contribution in [2.75, 3.05) is 13.2 Å². The van der Waals surface area contributed by atoms with Crippen LogP contribution in [0.25, 0.3) is 0 Å². The third kappa shape index (κ3) is 4.08. The topological polar surface area (TPSA) is 57.6 Å². The number of aryl methyl sites for hydroxylation is 1. The minimum absolute atomic E-state index is 0.0293. The van der Waals surface area contributed by atoms with Crippen molar-refractivity contribution in [3.63, 3.8) is 0 Å². The summed E-state index contributed by atoms with van der Waals surface area (Å²) in [7, 11) is 0. The van der Waals surface area contributed by atoms with E-state index in [1.54, 1.807) is 0 Å². The number of aliphatic hydroxyl groups excluding tert-OH is 1. The summed E-state index contributed by atoms with van der Waals surface area (Å²) in [5, 5.41) is 9.39. The van der Waals surface area contributed by atoms with Crippen molar-refractivity contribution in [3.05, 3.63) is 35.4 Å². The zero-order chi connectivity index (χ0) is 15.4. The van der Waals surface area contributed by atoms with Gasteiger partial charge < -0.3 is 10.0 Å². The van der Waals surface area contributed by atoms with E-state index < -0.39 is 0 Å². The van der Waals surface area contributed by atoms with Crippen molar-refractivity contribution >= 4 is 22.8 Å². The first-order valence-electron chi connectivity index (χ1n) is 7.15. The van der Waals surface area contributed by atoms with E-state index in [2.05, 4.69) is 0 Å². The molecule has 1 aromatic carbocycles. The van der Waals surface area contributed by atoms with Crippen molar-refractivity contribution in [1.82, 2.24) is 4.90 Å². The number of nitrogens with zero attached hydrogens (tertiary/aromatic N) is 1. The van der Waals surface area contributed by atoms with Gasteiger partial charge in [0, 0.05) is 31.7 Å². The maximum Gasteiger partial charge on any atom is 0.224 e. The molecule has 1 aliphatic heterocycles. The zero-order valence-corrected chi connectivity index (χ0v) is 13.2. The largest absolute Gasteiger partial charge is 0.396 e. The van der Waals surface area contributed by atoms with Gasteiger partial charge in [0.05, 0.1) is 6.04 Å². The molecule has 114 valence electrons. The van der Waals surface area contributed by atoms with Crippen LogP contribution in [0.4, 0.5) is 0 Å². The fourth-order valence-electron chi connectivity index (χ4n) is 2.73. The van der Waals surface area contributed by atoms with Crippen LogP contribution in [0, 0.1) is 6.92 Å². The van der Waals surface area contributed by atoms with Gasteiger partial charge in [0.25, 0.3) is 0 Å². The van der Waals surface area contributed by atoms with Gasteiger partial charge in [-0.15, -0.1) is 0 Å². The molecule has 2 rings (SSSR count). The lowest BCUT2D eigenvalue weighted by Crippen LogP contribution is -2.31. The lowest BCUT2D eigenvalue weighted by molar-refractivity contribution is -0.130. The normalized spacial score (nSPS) is 19.9. The van der Waals surface area contributed by atoms with Crippen molar-refractivity contribution < 1.29 is 14.7 Å². The first kappa shape index (κ1) is 16.0. The summed E-state index contributed by atoms with van der Waals surface area (Å²) >= 11 is 1.24. The molecule has 1 aromatic rings. The third-order valence-corrected chi connectivity index (χ3v) is 4.68. The molecule has 2 atom stereocenters. The highest BCUT2D eigenvalue weighted by Gasteiger charge is 2.35. The summed E-state index contributed by atoms with van der Waals surface area (Å²) in [5.74, 6) is 0.0628. The van der Waals surface area contributed by atoms with E-state index in [1.165, 1.54) is 24.2 Å². The lowest BCUT2D eigenvalue weighted by Gasteiger charge is -2.28. The van der Waals surface area contributed by atoms with E-state index in [-0.39, 0.29) is 28.9 Å². The maximum atomic E-state index is 12.2. The van der Waals surface area contributed by atoms with Gasteiger partial charge in [-0.25, -0.2) is 0 Å². The average Bonchev–Trinajstić information content (AvgIpc) is 2.77. The molecule has 1 N–H and O–H groups in total. The van der Waals surface area contributed by atoms with Crippen LogP contribution >= 0.6 is 11.8 Å². The molecule has 0 aromatic heterocycles. The molecule has 0 radical (unpaired) electrons. The molecule has 1 fully saturated rings.